The molecule has 3 rings (SSSR count). The number of thiazole rings is 1. The van der Waals surface area contributed by atoms with Gasteiger partial charge in [0.2, 0.25) is 0 Å². The summed E-state index contributed by atoms with van der Waals surface area (Å²) in [7, 11) is 1.61. The van der Waals surface area contributed by atoms with Crippen molar-refractivity contribution in [2.45, 2.75) is 6.92 Å². The van der Waals surface area contributed by atoms with Crippen LogP contribution in [0.5, 0.6) is 11.5 Å². The molecule has 1 heterocycles. The first-order valence-corrected chi connectivity index (χ1v) is 8.35. The number of aromatic nitrogens is 1. The molecule has 24 heavy (non-hydrogen) atoms. The zero-order valence-corrected chi connectivity index (χ0v) is 14.3. The molecule has 1 aromatic heterocycles. The molecule has 0 radical (unpaired) electrons. The molecule has 0 fully saturated rings. The highest BCUT2D eigenvalue weighted by molar-refractivity contribution is 7.19. The van der Waals surface area contributed by atoms with E-state index in [9.17, 15) is 5.26 Å². The molecule has 3 aromatic rings. The Labute approximate surface area is 144 Å². The number of hydrogen-bond donors (Lipinski definition) is 0. The summed E-state index contributed by atoms with van der Waals surface area (Å²) in [5.74, 6) is 1.34. The third-order valence-corrected chi connectivity index (χ3v) is 4.51. The van der Waals surface area contributed by atoms with E-state index in [1.54, 1.807) is 7.11 Å². The average Bonchev–Trinajstić information content (AvgIpc) is 3.04. The molecule has 120 valence electrons. The van der Waals surface area contributed by atoms with Crippen LogP contribution in [0.4, 0.5) is 0 Å². The lowest BCUT2D eigenvalue weighted by Gasteiger charge is -2.09. The van der Waals surface area contributed by atoms with E-state index in [0.29, 0.717) is 28.7 Å². The number of ether oxygens (including phenoxy) is 2. The largest absolute Gasteiger partial charge is 0.493 e. The maximum absolute atomic E-state index is 9.53. The summed E-state index contributed by atoms with van der Waals surface area (Å²) in [6.07, 6.45) is 1.82. The molecule has 0 N–H and O–H groups in total. The highest BCUT2D eigenvalue weighted by atomic mass is 32.1. The van der Waals surface area contributed by atoms with E-state index in [1.165, 1.54) is 11.3 Å². The molecule has 4 nitrogen and oxygen atoms in total. The normalized spacial score (nSPS) is 11.3. The molecule has 0 atom stereocenters. The van der Waals surface area contributed by atoms with Gasteiger partial charge in [0.05, 0.1) is 29.5 Å². The van der Waals surface area contributed by atoms with Crippen molar-refractivity contribution < 1.29 is 9.47 Å². The minimum Gasteiger partial charge on any atom is -0.493 e. The summed E-state index contributed by atoms with van der Waals surface area (Å²) >= 11 is 1.51. The van der Waals surface area contributed by atoms with Gasteiger partial charge >= 0.3 is 0 Å². The minimum atomic E-state index is 0.531. The maximum Gasteiger partial charge on any atom is 0.161 e. The molecule has 0 aliphatic heterocycles. The van der Waals surface area contributed by atoms with Crippen LogP contribution in [0.1, 0.15) is 17.5 Å². The van der Waals surface area contributed by atoms with Crippen LogP contribution in [0.3, 0.4) is 0 Å². The Morgan fingerprint density at radius 3 is 2.79 bits per heavy atom. The van der Waals surface area contributed by atoms with E-state index in [1.807, 2.05) is 55.5 Å². The fraction of sp³-hybridized carbons (Fsp3) is 0.158. The molecule has 0 aliphatic carbocycles. The van der Waals surface area contributed by atoms with Gasteiger partial charge in [-0.05, 0) is 42.8 Å². The Balaban J connectivity index is 2.01. The van der Waals surface area contributed by atoms with Crippen molar-refractivity contribution in [2.24, 2.45) is 0 Å². The third kappa shape index (κ3) is 3.24. The lowest BCUT2D eigenvalue weighted by atomic mass is 10.1. The van der Waals surface area contributed by atoms with Crippen molar-refractivity contribution in [2.75, 3.05) is 13.7 Å². The van der Waals surface area contributed by atoms with Gasteiger partial charge in [-0.2, -0.15) is 5.26 Å². The third-order valence-electron chi connectivity index (χ3n) is 3.44. The van der Waals surface area contributed by atoms with Gasteiger partial charge in [-0.25, -0.2) is 4.98 Å². The predicted molar refractivity (Wildman–Crippen MR) is 97.3 cm³/mol. The maximum atomic E-state index is 9.53. The molecule has 0 aliphatic rings. The van der Waals surface area contributed by atoms with Crippen LogP contribution in [0.2, 0.25) is 0 Å². The van der Waals surface area contributed by atoms with Gasteiger partial charge in [0.25, 0.3) is 0 Å². The molecule has 0 saturated carbocycles. The topological polar surface area (TPSA) is 55.1 Å². The van der Waals surface area contributed by atoms with Crippen LogP contribution in [0.25, 0.3) is 21.9 Å². The number of rotatable bonds is 5. The Morgan fingerprint density at radius 2 is 2.08 bits per heavy atom. The van der Waals surface area contributed by atoms with Gasteiger partial charge in [-0.3, -0.25) is 0 Å². The van der Waals surface area contributed by atoms with E-state index >= 15 is 0 Å². The smallest absolute Gasteiger partial charge is 0.161 e. The molecule has 0 spiro atoms. The molecule has 0 amide bonds. The fourth-order valence-electron chi connectivity index (χ4n) is 2.35. The highest BCUT2D eigenvalue weighted by Gasteiger charge is 2.10. The number of methoxy groups -OCH3 is 1. The zero-order chi connectivity index (χ0) is 16.9. The van der Waals surface area contributed by atoms with Crippen molar-refractivity contribution in [1.82, 2.24) is 4.98 Å². The lowest BCUT2D eigenvalue weighted by Crippen LogP contribution is -1.95. The monoisotopic (exact) mass is 336 g/mol. The van der Waals surface area contributed by atoms with E-state index in [0.717, 1.165) is 15.8 Å². The fourth-order valence-corrected chi connectivity index (χ4v) is 3.28. The lowest BCUT2D eigenvalue weighted by molar-refractivity contribution is 0.311. The standard InChI is InChI=1S/C19H16N2O2S/c1-3-23-17-11-13(8-9-16(17)22-2)10-14(12-20)19-21-15-6-4-5-7-18(15)24-19/h4-11H,3H2,1-2H3. The summed E-state index contributed by atoms with van der Waals surface area (Å²) in [6.45, 7) is 2.47. The summed E-state index contributed by atoms with van der Waals surface area (Å²) in [5, 5.41) is 10.2. The molecule has 5 heteroatoms. The van der Waals surface area contributed by atoms with E-state index in [2.05, 4.69) is 11.1 Å². The second-order valence-electron chi connectivity index (χ2n) is 5.00. The zero-order valence-electron chi connectivity index (χ0n) is 13.4. The van der Waals surface area contributed by atoms with Crippen molar-refractivity contribution in [3.63, 3.8) is 0 Å². The molecule has 2 aromatic carbocycles. The summed E-state index contributed by atoms with van der Waals surface area (Å²) in [5.41, 5.74) is 2.31. The van der Waals surface area contributed by atoms with Crippen LogP contribution >= 0.6 is 11.3 Å². The van der Waals surface area contributed by atoms with Gasteiger partial charge in [0, 0.05) is 0 Å². The van der Waals surface area contributed by atoms with Crippen molar-refractivity contribution >= 4 is 33.2 Å². The first-order valence-electron chi connectivity index (χ1n) is 7.53. The molecule has 0 saturated heterocycles. The number of nitrogens with zero attached hydrogens (tertiary/aromatic N) is 2. The summed E-state index contributed by atoms with van der Waals surface area (Å²) < 4.78 is 11.9. The van der Waals surface area contributed by atoms with Crippen molar-refractivity contribution in [3.05, 3.63) is 53.0 Å². The summed E-state index contributed by atoms with van der Waals surface area (Å²) in [4.78, 5) is 4.54. The van der Waals surface area contributed by atoms with E-state index in [-0.39, 0.29) is 0 Å². The molecular formula is C19H16N2O2S. The molecule has 0 bridgehead atoms. The van der Waals surface area contributed by atoms with Crippen LogP contribution in [-0.2, 0) is 0 Å². The number of benzene rings is 2. The van der Waals surface area contributed by atoms with Crippen LogP contribution in [-0.4, -0.2) is 18.7 Å². The van der Waals surface area contributed by atoms with Crippen LogP contribution < -0.4 is 9.47 Å². The van der Waals surface area contributed by atoms with Crippen LogP contribution in [0, 0.1) is 11.3 Å². The first-order chi connectivity index (χ1) is 11.7. The van der Waals surface area contributed by atoms with E-state index < -0.39 is 0 Å². The average molecular weight is 336 g/mol. The number of allylic oxidation sites excluding steroid dienone is 1. The van der Waals surface area contributed by atoms with Gasteiger partial charge in [0.1, 0.15) is 11.1 Å². The highest BCUT2D eigenvalue weighted by Crippen LogP contribution is 2.31. The predicted octanol–water partition coefficient (Wildman–Crippen LogP) is 4.77. The van der Waals surface area contributed by atoms with Gasteiger partial charge in [-0.1, -0.05) is 18.2 Å². The van der Waals surface area contributed by atoms with Gasteiger partial charge in [0.15, 0.2) is 11.5 Å². The van der Waals surface area contributed by atoms with Gasteiger partial charge in [-0.15, -0.1) is 11.3 Å². The number of para-hydroxylation sites is 1. The summed E-state index contributed by atoms with van der Waals surface area (Å²) in [6, 6.07) is 15.7. The quantitative estimate of drug-likeness (QED) is 0.630. The van der Waals surface area contributed by atoms with Gasteiger partial charge < -0.3 is 9.47 Å². The number of nitriles is 1. The second kappa shape index (κ2) is 7.16. The second-order valence-corrected chi connectivity index (χ2v) is 6.03. The Hall–Kier alpha value is -2.84. The minimum absolute atomic E-state index is 0.531. The van der Waals surface area contributed by atoms with E-state index in [4.69, 9.17) is 9.47 Å². The van der Waals surface area contributed by atoms with Crippen molar-refractivity contribution in [3.8, 4) is 17.6 Å². The molecular weight excluding hydrogens is 320 g/mol. The Morgan fingerprint density at radius 1 is 1.25 bits per heavy atom. The number of hydrogen-bond acceptors (Lipinski definition) is 5. The molecule has 0 unspecified atom stereocenters. The Kier molecular flexibility index (Phi) is 4.78. The first kappa shape index (κ1) is 16.0. The Bertz CT molecular complexity index is 905. The van der Waals surface area contributed by atoms with Crippen LogP contribution in [0.15, 0.2) is 42.5 Å². The van der Waals surface area contributed by atoms with Crippen molar-refractivity contribution in [1.29, 1.82) is 5.26 Å². The number of fused-ring (bicyclic) bond motifs is 1. The SMILES string of the molecule is CCOc1cc(C=C(C#N)c2nc3ccccc3s2)ccc1OC.